The number of fused-ring (bicyclic) bond motifs is 1. The van der Waals surface area contributed by atoms with Crippen LogP contribution in [0, 0.1) is 18.3 Å². The molecule has 1 N–H and O–H groups in total. The summed E-state index contributed by atoms with van der Waals surface area (Å²) in [6.45, 7) is 6.18. The molecule has 0 bridgehead atoms. The lowest BCUT2D eigenvalue weighted by atomic mass is 9.73. The van der Waals surface area contributed by atoms with Crippen LogP contribution >= 0.6 is 0 Å². The second-order valence-corrected chi connectivity index (χ2v) is 7.42. The number of ether oxygens (including phenoxy) is 1. The van der Waals surface area contributed by atoms with Crippen molar-refractivity contribution in [1.82, 2.24) is 15.2 Å². The number of aryl methyl sites for hydroxylation is 1. The fraction of sp³-hybridized carbons (Fsp3) is 0.500. The summed E-state index contributed by atoms with van der Waals surface area (Å²) in [5.41, 5.74) is 1.87. The summed E-state index contributed by atoms with van der Waals surface area (Å²) in [6, 6.07) is 5.95. The molecule has 0 spiro atoms. The second kappa shape index (κ2) is 7.21. The highest BCUT2D eigenvalue weighted by molar-refractivity contribution is 5.83. The number of hydrogen-bond acceptors (Lipinski definition) is 5. The highest BCUT2D eigenvalue weighted by Gasteiger charge is 2.53. The first-order valence-electron chi connectivity index (χ1n) is 9.18. The van der Waals surface area contributed by atoms with Gasteiger partial charge in [0.15, 0.2) is 0 Å². The van der Waals surface area contributed by atoms with Crippen LogP contribution in [0.4, 0.5) is 0 Å². The predicted octanol–water partition coefficient (Wildman–Crippen LogP) is 2.14. The van der Waals surface area contributed by atoms with E-state index in [2.05, 4.69) is 21.3 Å². The molecule has 0 aliphatic carbocycles. The number of nitrogens with zero attached hydrogens (tertiary/aromatic N) is 2. The van der Waals surface area contributed by atoms with Crippen LogP contribution in [0.2, 0.25) is 0 Å². The second-order valence-electron chi connectivity index (χ2n) is 7.42. The summed E-state index contributed by atoms with van der Waals surface area (Å²) in [5.74, 6) is 1.17. The van der Waals surface area contributed by atoms with Crippen LogP contribution in [0.5, 0.6) is 0 Å². The molecule has 0 saturated carbocycles. The molecule has 6 nitrogen and oxygen atoms in total. The molecule has 138 valence electrons. The molecule has 2 fully saturated rings. The van der Waals surface area contributed by atoms with Crippen molar-refractivity contribution in [3.8, 4) is 0 Å². The van der Waals surface area contributed by atoms with Gasteiger partial charge in [0.05, 0.1) is 24.8 Å². The van der Waals surface area contributed by atoms with E-state index in [0.717, 1.165) is 37.4 Å². The van der Waals surface area contributed by atoms with Gasteiger partial charge in [-0.05, 0) is 36.6 Å². The lowest BCUT2D eigenvalue weighted by Crippen LogP contribution is -2.50. The fourth-order valence-corrected chi connectivity index (χ4v) is 4.22. The summed E-state index contributed by atoms with van der Waals surface area (Å²) in [4.78, 5) is 19.7. The third-order valence-corrected chi connectivity index (χ3v) is 5.74. The van der Waals surface area contributed by atoms with E-state index in [1.165, 1.54) is 5.56 Å². The van der Waals surface area contributed by atoms with E-state index in [1.807, 2.05) is 25.3 Å². The maximum atomic E-state index is 13.2. The summed E-state index contributed by atoms with van der Waals surface area (Å²) in [5, 5.41) is 3.11. The summed E-state index contributed by atoms with van der Waals surface area (Å²) in [7, 11) is 0. The standard InChI is InChI=1S/C20H25N3O3/c1-15-4-7-26-18(15)10-22-19(24)20-5-8-25-13-17(20)12-23(14-20)11-16-3-2-6-21-9-16/h2-4,6-7,9,17H,5,8,10-14H2,1H3,(H,22,24). The largest absolute Gasteiger partial charge is 0.467 e. The highest BCUT2D eigenvalue weighted by atomic mass is 16.5. The average molecular weight is 355 g/mol. The maximum absolute atomic E-state index is 13.2. The fourth-order valence-electron chi connectivity index (χ4n) is 4.22. The van der Waals surface area contributed by atoms with E-state index >= 15 is 0 Å². The van der Waals surface area contributed by atoms with Crippen LogP contribution in [-0.4, -0.2) is 42.1 Å². The van der Waals surface area contributed by atoms with Crippen molar-refractivity contribution >= 4 is 5.91 Å². The Labute approximate surface area is 153 Å². The molecule has 4 heterocycles. The number of likely N-dealkylation sites (tertiary alicyclic amines) is 1. The number of pyridine rings is 1. The quantitative estimate of drug-likeness (QED) is 0.890. The van der Waals surface area contributed by atoms with Gasteiger partial charge >= 0.3 is 0 Å². The van der Waals surface area contributed by atoms with Crippen LogP contribution in [0.15, 0.2) is 41.3 Å². The van der Waals surface area contributed by atoms with Gasteiger partial charge in [-0.3, -0.25) is 14.7 Å². The summed E-state index contributed by atoms with van der Waals surface area (Å²) in [6.07, 6.45) is 6.11. The van der Waals surface area contributed by atoms with Gasteiger partial charge in [-0.25, -0.2) is 0 Å². The van der Waals surface area contributed by atoms with Gasteiger partial charge in [-0.2, -0.15) is 0 Å². The Hall–Kier alpha value is -2.18. The first-order chi connectivity index (χ1) is 12.7. The Morgan fingerprint density at radius 1 is 1.46 bits per heavy atom. The Morgan fingerprint density at radius 2 is 2.38 bits per heavy atom. The van der Waals surface area contributed by atoms with Crippen molar-refractivity contribution in [2.45, 2.75) is 26.4 Å². The van der Waals surface area contributed by atoms with Gasteiger partial charge in [0.25, 0.3) is 0 Å². The number of amides is 1. The number of nitrogens with one attached hydrogen (secondary N) is 1. The molecule has 2 aliphatic rings. The Morgan fingerprint density at radius 3 is 3.15 bits per heavy atom. The van der Waals surface area contributed by atoms with Crippen molar-refractivity contribution in [2.75, 3.05) is 26.3 Å². The van der Waals surface area contributed by atoms with E-state index < -0.39 is 0 Å². The van der Waals surface area contributed by atoms with Crippen molar-refractivity contribution in [2.24, 2.45) is 11.3 Å². The number of aromatic nitrogens is 1. The minimum atomic E-state index is -0.374. The zero-order valence-corrected chi connectivity index (χ0v) is 15.1. The molecule has 6 heteroatoms. The number of hydrogen-bond donors (Lipinski definition) is 1. The first-order valence-corrected chi connectivity index (χ1v) is 9.18. The van der Waals surface area contributed by atoms with Gasteiger partial charge in [-0.1, -0.05) is 6.07 Å². The molecule has 2 unspecified atom stereocenters. The number of furan rings is 1. The van der Waals surface area contributed by atoms with Gasteiger partial charge in [0.2, 0.25) is 5.91 Å². The number of rotatable bonds is 5. The SMILES string of the molecule is Cc1ccoc1CNC(=O)C12CCOCC1CN(Cc1cccnc1)C2. The molecule has 2 aliphatic heterocycles. The molecule has 2 atom stereocenters. The topological polar surface area (TPSA) is 67.6 Å². The van der Waals surface area contributed by atoms with Crippen molar-refractivity contribution in [3.05, 3.63) is 53.7 Å². The normalized spacial score (nSPS) is 25.8. The van der Waals surface area contributed by atoms with Crippen LogP contribution in [0.1, 0.15) is 23.3 Å². The van der Waals surface area contributed by atoms with Crippen molar-refractivity contribution < 1.29 is 13.9 Å². The lowest BCUT2D eigenvalue weighted by Gasteiger charge is -2.37. The Balaban J connectivity index is 1.46. The molecule has 2 saturated heterocycles. The Bertz CT molecular complexity index is 761. The zero-order chi connectivity index (χ0) is 18.0. The predicted molar refractivity (Wildman–Crippen MR) is 96.2 cm³/mol. The van der Waals surface area contributed by atoms with Gasteiger partial charge < -0.3 is 14.5 Å². The van der Waals surface area contributed by atoms with Crippen LogP contribution in [0.3, 0.4) is 0 Å². The van der Waals surface area contributed by atoms with Crippen LogP contribution < -0.4 is 5.32 Å². The van der Waals surface area contributed by atoms with E-state index in [4.69, 9.17) is 9.15 Å². The molecule has 0 aromatic carbocycles. The minimum absolute atomic E-state index is 0.121. The average Bonchev–Trinajstić information content (AvgIpc) is 3.24. The minimum Gasteiger partial charge on any atom is -0.467 e. The molecule has 1 amide bonds. The molecule has 2 aromatic rings. The summed E-state index contributed by atoms with van der Waals surface area (Å²) < 4.78 is 11.1. The van der Waals surface area contributed by atoms with Gasteiger partial charge in [-0.15, -0.1) is 0 Å². The molecule has 26 heavy (non-hydrogen) atoms. The van der Waals surface area contributed by atoms with Crippen molar-refractivity contribution in [1.29, 1.82) is 0 Å². The third kappa shape index (κ3) is 3.27. The first kappa shape index (κ1) is 17.2. The van der Waals surface area contributed by atoms with E-state index in [-0.39, 0.29) is 17.2 Å². The number of carbonyl (C=O) groups is 1. The Kier molecular flexibility index (Phi) is 4.78. The lowest BCUT2D eigenvalue weighted by molar-refractivity contribution is -0.139. The van der Waals surface area contributed by atoms with Crippen LogP contribution in [-0.2, 0) is 22.6 Å². The van der Waals surface area contributed by atoms with E-state index in [9.17, 15) is 4.79 Å². The number of carbonyl (C=O) groups excluding carboxylic acids is 1. The molecule has 4 rings (SSSR count). The maximum Gasteiger partial charge on any atom is 0.228 e. The zero-order valence-electron chi connectivity index (χ0n) is 15.1. The molecular formula is C20H25N3O3. The van der Waals surface area contributed by atoms with Crippen LogP contribution in [0.25, 0.3) is 0 Å². The van der Waals surface area contributed by atoms with Crippen molar-refractivity contribution in [3.63, 3.8) is 0 Å². The van der Waals surface area contributed by atoms with Gasteiger partial charge in [0.1, 0.15) is 5.76 Å². The monoisotopic (exact) mass is 355 g/mol. The molecule has 0 radical (unpaired) electrons. The van der Waals surface area contributed by atoms with Gasteiger partial charge in [0, 0.05) is 44.6 Å². The molecular weight excluding hydrogens is 330 g/mol. The van der Waals surface area contributed by atoms with E-state index in [0.29, 0.717) is 19.8 Å². The van der Waals surface area contributed by atoms with E-state index in [1.54, 1.807) is 12.5 Å². The highest BCUT2D eigenvalue weighted by Crippen LogP contribution is 2.43. The molecule has 2 aromatic heterocycles. The third-order valence-electron chi connectivity index (χ3n) is 5.74. The summed E-state index contributed by atoms with van der Waals surface area (Å²) >= 11 is 0. The smallest absolute Gasteiger partial charge is 0.228 e.